The second-order valence-corrected chi connectivity index (χ2v) is 5.14. The summed E-state index contributed by atoms with van der Waals surface area (Å²) in [5, 5.41) is 14.3. The van der Waals surface area contributed by atoms with Gasteiger partial charge < -0.3 is 5.32 Å². The lowest BCUT2D eigenvalue weighted by molar-refractivity contribution is -0.384. The molecule has 4 nitrogen and oxygen atoms in total. The Hall–Kier alpha value is -2.20. The first-order valence-electron chi connectivity index (χ1n) is 7.17. The van der Waals surface area contributed by atoms with E-state index in [4.69, 9.17) is 0 Å². The van der Waals surface area contributed by atoms with Crippen LogP contribution in [0.3, 0.4) is 0 Å². The zero-order chi connectivity index (χ0) is 15.2. The van der Waals surface area contributed by atoms with E-state index in [1.165, 1.54) is 6.07 Å². The summed E-state index contributed by atoms with van der Waals surface area (Å²) in [6.45, 7) is 5.89. The lowest BCUT2D eigenvalue weighted by Crippen LogP contribution is -2.14. The topological polar surface area (TPSA) is 55.2 Å². The number of nitro groups is 1. The van der Waals surface area contributed by atoms with E-state index in [9.17, 15) is 10.1 Å². The van der Waals surface area contributed by atoms with Crippen LogP contribution < -0.4 is 5.32 Å². The third-order valence-corrected chi connectivity index (χ3v) is 3.38. The Morgan fingerprint density at radius 1 is 1.19 bits per heavy atom. The summed E-state index contributed by atoms with van der Waals surface area (Å²) in [6, 6.07) is 13.1. The van der Waals surface area contributed by atoms with E-state index >= 15 is 0 Å². The molecule has 110 valence electrons. The number of nitrogens with one attached hydrogen (secondary N) is 1. The zero-order valence-electron chi connectivity index (χ0n) is 12.4. The molecule has 21 heavy (non-hydrogen) atoms. The fraction of sp³-hybridized carbons (Fsp3) is 0.294. The fourth-order valence-corrected chi connectivity index (χ4v) is 2.30. The number of nitro benzene ring substituents is 1. The van der Waals surface area contributed by atoms with E-state index in [0.29, 0.717) is 0 Å². The van der Waals surface area contributed by atoms with Gasteiger partial charge >= 0.3 is 0 Å². The first-order valence-corrected chi connectivity index (χ1v) is 7.17. The quantitative estimate of drug-likeness (QED) is 0.494. The normalized spacial score (nSPS) is 10.6. The van der Waals surface area contributed by atoms with Crippen molar-refractivity contribution in [1.82, 2.24) is 5.32 Å². The Bertz CT molecular complexity index is 638. The largest absolute Gasteiger partial charge is 0.313 e. The minimum atomic E-state index is -0.353. The Kier molecular flexibility index (Phi) is 5.06. The van der Waals surface area contributed by atoms with Crippen molar-refractivity contribution in [2.24, 2.45) is 0 Å². The zero-order valence-corrected chi connectivity index (χ0v) is 12.4. The number of nitrogens with zero attached hydrogens (tertiary/aromatic N) is 1. The van der Waals surface area contributed by atoms with Gasteiger partial charge in [0.1, 0.15) is 0 Å². The minimum Gasteiger partial charge on any atom is -0.313 e. The van der Waals surface area contributed by atoms with E-state index in [1.807, 2.05) is 13.0 Å². The summed E-state index contributed by atoms with van der Waals surface area (Å²) < 4.78 is 0. The molecule has 0 bridgehead atoms. The van der Waals surface area contributed by atoms with E-state index in [1.54, 1.807) is 12.1 Å². The van der Waals surface area contributed by atoms with Crippen molar-refractivity contribution in [3.05, 3.63) is 63.7 Å². The van der Waals surface area contributed by atoms with Gasteiger partial charge in [-0.25, -0.2) is 0 Å². The highest BCUT2D eigenvalue weighted by atomic mass is 16.6. The summed E-state index contributed by atoms with van der Waals surface area (Å²) in [7, 11) is 0. The Morgan fingerprint density at radius 3 is 2.71 bits per heavy atom. The molecule has 0 heterocycles. The average Bonchev–Trinajstić information content (AvgIpc) is 2.49. The van der Waals surface area contributed by atoms with Crippen molar-refractivity contribution < 1.29 is 4.92 Å². The Labute approximate surface area is 125 Å². The van der Waals surface area contributed by atoms with Gasteiger partial charge in [0.05, 0.1) is 4.92 Å². The molecule has 0 saturated heterocycles. The first kappa shape index (κ1) is 15.2. The molecule has 0 aromatic heterocycles. The van der Waals surface area contributed by atoms with Crippen LogP contribution in [0.15, 0.2) is 42.5 Å². The SMILES string of the molecule is CCCNCc1ccc(C)cc1-c1cccc([N+](=O)[O-])c1. The van der Waals surface area contributed by atoms with E-state index in [2.05, 4.69) is 30.4 Å². The number of benzene rings is 2. The van der Waals surface area contributed by atoms with Crippen LogP contribution in [0.25, 0.3) is 11.1 Å². The molecule has 0 aliphatic heterocycles. The molecule has 0 aliphatic carbocycles. The first-order chi connectivity index (χ1) is 10.1. The molecule has 0 amide bonds. The van der Waals surface area contributed by atoms with Gasteiger partial charge in [0.2, 0.25) is 0 Å². The lowest BCUT2D eigenvalue weighted by atomic mass is 9.97. The summed E-state index contributed by atoms with van der Waals surface area (Å²) in [6.07, 6.45) is 1.08. The molecule has 0 atom stereocenters. The van der Waals surface area contributed by atoms with E-state index in [-0.39, 0.29) is 10.6 Å². The molecule has 0 aliphatic rings. The predicted molar refractivity (Wildman–Crippen MR) is 85.3 cm³/mol. The van der Waals surface area contributed by atoms with Gasteiger partial charge in [-0.1, -0.05) is 42.8 Å². The molecule has 2 aromatic rings. The minimum absolute atomic E-state index is 0.126. The van der Waals surface area contributed by atoms with E-state index in [0.717, 1.165) is 41.8 Å². The highest BCUT2D eigenvalue weighted by Gasteiger charge is 2.10. The molecular formula is C17H20N2O2. The van der Waals surface area contributed by atoms with Crippen molar-refractivity contribution in [3.63, 3.8) is 0 Å². The molecule has 2 rings (SSSR count). The Balaban J connectivity index is 2.39. The number of non-ortho nitro benzene ring substituents is 1. The smallest absolute Gasteiger partial charge is 0.270 e. The predicted octanol–water partition coefficient (Wildman–Crippen LogP) is 4.07. The van der Waals surface area contributed by atoms with Crippen LogP contribution in [0.5, 0.6) is 0 Å². The Morgan fingerprint density at radius 2 is 2.00 bits per heavy atom. The molecule has 4 heteroatoms. The van der Waals surface area contributed by atoms with Crippen LogP contribution in [-0.4, -0.2) is 11.5 Å². The van der Waals surface area contributed by atoms with Crippen molar-refractivity contribution >= 4 is 5.69 Å². The molecule has 0 fully saturated rings. The van der Waals surface area contributed by atoms with Gasteiger partial charge in [-0.15, -0.1) is 0 Å². The third kappa shape index (κ3) is 3.89. The number of hydrogen-bond donors (Lipinski definition) is 1. The third-order valence-electron chi connectivity index (χ3n) is 3.38. The van der Waals surface area contributed by atoms with Crippen molar-refractivity contribution in [1.29, 1.82) is 0 Å². The van der Waals surface area contributed by atoms with Gasteiger partial charge in [0, 0.05) is 18.7 Å². The van der Waals surface area contributed by atoms with Gasteiger partial charge in [0.15, 0.2) is 0 Å². The van der Waals surface area contributed by atoms with Crippen LogP contribution in [0.1, 0.15) is 24.5 Å². The molecule has 0 unspecified atom stereocenters. The summed E-state index contributed by atoms with van der Waals surface area (Å²) >= 11 is 0. The van der Waals surface area contributed by atoms with Gasteiger partial charge in [-0.2, -0.15) is 0 Å². The van der Waals surface area contributed by atoms with Crippen LogP contribution in [0.2, 0.25) is 0 Å². The summed E-state index contributed by atoms with van der Waals surface area (Å²) in [4.78, 5) is 10.6. The second kappa shape index (κ2) is 6.99. The summed E-state index contributed by atoms with van der Waals surface area (Å²) in [5.74, 6) is 0. The standard InChI is InChI=1S/C17H20N2O2/c1-3-9-18-12-15-8-7-13(2)10-17(15)14-5-4-6-16(11-14)19(20)21/h4-8,10-11,18H,3,9,12H2,1-2H3. The molecule has 2 aromatic carbocycles. The average molecular weight is 284 g/mol. The molecule has 0 spiro atoms. The van der Waals surface area contributed by atoms with Crippen molar-refractivity contribution in [3.8, 4) is 11.1 Å². The van der Waals surface area contributed by atoms with Crippen LogP contribution >= 0.6 is 0 Å². The maximum absolute atomic E-state index is 10.9. The number of hydrogen-bond acceptors (Lipinski definition) is 3. The van der Waals surface area contributed by atoms with Crippen LogP contribution in [0, 0.1) is 17.0 Å². The molecule has 0 radical (unpaired) electrons. The molecular weight excluding hydrogens is 264 g/mol. The van der Waals surface area contributed by atoms with Crippen molar-refractivity contribution in [2.75, 3.05) is 6.54 Å². The highest BCUT2D eigenvalue weighted by Crippen LogP contribution is 2.28. The number of rotatable bonds is 6. The maximum Gasteiger partial charge on any atom is 0.270 e. The molecule has 0 saturated carbocycles. The monoisotopic (exact) mass is 284 g/mol. The lowest BCUT2D eigenvalue weighted by Gasteiger charge is -2.12. The van der Waals surface area contributed by atoms with E-state index < -0.39 is 0 Å². The van der Waals surface area contributed by atoms with Gasteiger partial charge in [-0.05, 0) is 36.6 Å². The van der Waals surface area contributed by atoms with Gasteiger partial charge in [-0.3, -0.25) is 10.1 Å². The second-order valence-electron chi connectivity index (χ2n) is 5.14. The maximum atomic E-state index is 10.9. The number of aryl methyl sites for hydroxylation is 1. The van der Waals surface area contributed by atoms with Crippen LogP contribution in [-0.2, 0) is 6.54 Å². The fourth-order valence-electron chi connectivity index (χ4n) is 2.30. The van der Waals surface area contributed by atoms with Crippen LogP contribution in [0.4, 0.5) is 5.69 Å². The molecule has 1 N–H and O–H groups in total. The van der Waals surface area contributed by atoms with Crippen molar-refractivity contribution in [2.45, 2.75) is 26.8 Å². The van der Waals surface area contributed by atoms with Gasteiger partial charge in [0.25, 0.3) is 5.69 Å². The highest BCUT2D eigenvalue weighted by molar-refractivity contribution is 5.70. The summed E-state index contributed by atoms with van der Waals surface area (Å²) in [5.41, 5.74) is 4.38.